The first kappa shape index (κ1) is 13.3. The van der Waals surface area contributed by atoms with Gasteiger partial charge in [0.2, 0.25) is 5.91 Å². The van der Waals surface area contributed by atoms with Crippen LogP contribution in [0.1, 0.15) is 15.2 Å². The number of anilines is 1. The van der Waals surface area contributed by atoms with Crippen LogP contribution in [0.15, 0.2) is 42.0 Å². The second-order valence-corrected chi connectivity index (χ2v) is 5.29. The number of carbonyl (C=O) groups is 1. The standard InChI is InChI=1S/C13H12N6OS/c14-13(20)9-5-10(21-7-9)6-15-11-3-1-2-4-12(11)19-8-16-17-18-19/h1-5,7-8,15H,6H2,(H2,14,20). The topological polar surface area (TPSA) is 98.7 Å². The molecule has 0 unspecified atom stereocenters. The Kier molecular flexibility index (Phi) is 3.61. The molecule has 3 aromatic rings. The summed E-state index contributed by atoms with van der Waals surface area (Å²) in [5.41, 5.74) is 7.53. The SMILES string of the molecule is NC(=O)c1csc(CNc2ccccc2-n2cnnn2)c1. The number of thiophene rings is 1. The summed E-state index contributed by atoms with van der Waals surface area (Å²) in [7, 11) is 0. The molecule has 7 nitrogen and oxygen atoms in total. The van der Waals surface area contributed by atoms with E-state index >= 15 is 0 Å². The minimum atomic E-state index is -0.411. The van der Waals surface area contributed by atoms with Gasteiger partial charge in [-0.2, -0.15) is 4.68 Å². The minimum Gasteiger partial charge on any atom is -0.378 e. The Bertz CT molecular complexity index is 752. The van der Waals surface area contributed by atoms with Crippen molar-refractivity contribution in [1.29, 1.82) is 0 Å². The molecular formula is C13H12N6OS. The molecule has 1 aromatic carbocycles. The summed E-state index contributed by atoms with van der Waals surface area (Å²) in [6, 6.07) is 9.50. The average Bonchev–Trinajstić information content (AvgIpc) is 3.17. The number of benzene rings is 1. The molecular weight excluding hydrogens is 288 g/mol. The number of para-hydroxylation sites is 2. The largest absolute Gasteiger partial charge is 0.378 e. The molecule has 8 heteroatoms. The molecule has 0 saturated heterocycles. The molecule has 0 aliphatic heterocycles. The van der Waals surface area contributed by atoms with Gasteiger partial charge in [0, 0.05) is 16.8 Å². The Morgan fingerprint density at radius 2 is 2.24 bits per heavy atom. The van der Waals surface area contributed by atoms with E-state index in [0.717, 1.165) is 16.3 Å². The van der Waals surface area contributed by atoms with Crippen LogP contribution in [0.4, 0.5) is 5.69 Å². The van der Waals surface area contributed by atoms with Crippen molar-refractivity contribution in [3.05, 3.63) is 52.5 Å². The fourth-order valence-electron chi connectivity index (χ4n) is 1.88. The third-order valence-electron chi connectivity index (χ3n) is 2.89. The zero-order chi connectivity index (χ0) is 14.7. The van der Waals surface area contributed by atoms with Gasteiger partial charge in [-0.3, -0.25) is 4.79 Å². The molecule has 2 heterocycles. The second-order valence-electron chi connectivity index (χ2n) is 4.29. The van der Waals surface area contributed by atoms with Crippen LogP contribution in [-0.4, -0.2) is 26.1 Å². The van der Waals surface area contributed by atoms with Gasteiger partial charge in [0.15, 0.2) is 0 Å². The highest BCUT2D eigenvalue weighted by Crippen LogP contribution is 2.21. The summed E-state index contributed by atoms with van der Waals surface area (Å²) in [5, 5.41) is 16.2. The number of amides is 1. The first-order valence-corrected chi connectivity index (χ1v) is 7.05. The van der Waals surface area contributed by atoms with Gasteiger partial charge < -0.3 is 11.1 Å². The molecule has 1 amide bonds. The summed E-state index contributed by atoms with van der Waals surface area (Å²) in [5.74, 6) is -0.411. The number of nitrogens with one attached hydrogen (secondary N) is 1. The zero-order valence-electron chi connectivity index (χ0n) is 10.9. The van der Waals surface area contributed by atoms with Crippen LogP contribution in [0.25, 0.3) is 5.69 Å². The van der Waals surface area contributed by atoms with Crippen molar-refractivity contribution in [3.63, 3.8) is 0 Å². The van der Waals surface area contributed by atoms with Crippen LogP contribution in [0.3, 0.4) is 0 Å². The molecule has 0 fully saturated rings. The van der Waals surface area contributed by atoms with Crippen molar-refractivity contribution < 1.29 is 4.79 Å². The van der Waals surface area contributed by atoms with Crippen LogP contribution in [0.2, 0.25) is 0 Å². The summed E-state index contributed by atoms with van der Waals surface area (Å²) in [6.07, 6.45) is 1.54. The van der Waals surface area contributed by atoms with Gasteiger partial charge >= 0.3 is 0 Å². The molecule has 0 aliphatic rings. The quantitative estimate of drug-likeness (QED) is 0.742. The number of tetrazole rings is 1. The monoisotopic (exact) mass is 300 g/mol. The molecule has 0 bridgehead atoms. The Morgan fingerprint density at radius 1 is 1.38 bits per heavy atom. The summed E-state index contributed by atoms with van der Waals surface area (Å²) < 4.78 is 1.59. The molecule has 2 aromatic heterocycles. The highest BCUT2D eigenvalue weighted by Gasteiger charge is 2.07. The van der Waals surface area contributed by atoms with Crippen molar-refractivity contribution in [1.82, 2.24) is 20.2 Å². The minimum absolute atomic E-state index is 0.411. The second kappa shape index (κ2) is 5.71. The first-order chi connectivity index (χ1) is 10.2. The lowest BCUT2D eigenvalue weighted by atomic mass is 10.2. The number of rotatable bonds is 5. The number of hydrogen-bond donors (Lipinski definition) is 2. The fraction of sp³-hybridized carbons (Fsp3) is 0.0769. The van der Waals surface area contributed by atoms with Crippen molar-refractivity contribution >= 4 is 22.9 Å². The number of nitrogens with zero attached hydrogens (tertiary/aromatic N) is 4. The lowest BCUT2D eigenvalue weighted by molar-refractivity contribution is 0.100. The summed E-state index contributed by atoms with van der Waals surface area (Å²) in [4.78, 5) is 12.1. The van der Waals surface area contributed by atoms with Crippen molar-refractivity contribution in [2.24, 2.45) is 5.73 Å². The predicted molar refractivity (Wildman–Crippen MR) is 79.3 cm³/mol. The molecule has 0 spiro atoms. The number of nitrogens with two attached hydrogens (primary N) is 1. The van der Waals surface area contributed by atoms with Crippen LogP contribution in [0, 0.1) is 0 Å². The van der Waals surface area contributed by atoms with Crippen LogP contribution < -0.4 is 11.1 Å². The first-order valence-electron chi connectivity index (χ1n) is 6.17. The Morgan fingerprint density at radius 3 is 2.95 bits per heavy atom. The van der Waals surface area contributed by atoms with Crippen LogP contribution in [0.5, 0.6) is 0 Å². The number of hydrogen-bond acceptors (Lipinski definition) is 6. The lowest BCUT2D eigenvalue weighted by Gasteiger charge is -2.10. The number of primary amides is 1. The van der Waals surface area contributed by atoms with E-state index in [1.165, 1.54) is 17.7 Å². The molecule has 21 heavy (non-hydrogen) atoms. The Hall–Kier alpha value is -2.74. The van der Waals surface area contributed by atoms with E-state index in [1.54, 1.807) is 16.1 Å². The predicted octanol–water partition coefficient (Wildman–Crippen LogP) is 1.43. The normalized spacial score (nSPS) is 10.5. The van der Waals surface area contributed by atoms with Gasteiger partial charge in [0.25, 0.3) is 0 Å². The van der Waals surface area contributed by atoms with Gasteiger partial charge in [-0.25, -0.2) is 0 Å². The molecule has 3 N–H and O–H groups in total. The Balaban J connectivity index is 1.77. The van der Waals surface area contributed by atoms with Gasteiger partial charge in [-0.05, 0) is 28.6 Å². The van der Waals surface area contributed by atoms with E-state index in [4.69, 9.17) is 5.73 Å². The van der Waals surface area contributed by atoms with E-state index in [9.17, 15) is 4.79 Å². The van der Waals surface area contributed by atoms with Crippen LogP contribution >= 0.6 is 11.3 Å². The maximum Gasteiger partial charge on any atom is 0.249 e. The summed E-state index contributed by atoms with van der Waals surface area (Å²) in [6.45, 7) is 0.594. The molecule has 3 rings (SSSR count). The van der Waals surface area contributed by atoms with Crippen molar-refractivity contribution in [3.8, 4) is 5.69 Å². The summed E-state index contributed by atoms with van der Waals surface area (Å²) >= 11 is 1.49. The highest BCUT2D eigenvalue weighted by molar-refractivity contribution is 7.10. The van der Waals surface area contributed by atoms with Gasteiger partial charge in [0.05, 0.1) is 16.9 Å². The van der Waals surface area contributed by atoms with Crippen LogP contribution in [-0.2, 0) is 6.54 Å². The zero-order valence-corrected chi connectivity index (χ0v) is 11.7. The van der Waals surface area contributed by atoms with Gasteiger partial charge in [-0.15, -0.1) is 16.4 Å². The molecule has 0 aliphatic carbocycles. The molecule has 0 atom stereocenters. The molecule has 0 radical (unpaired) electrons. The highest BCUT2D eigenvalue weighted by atomic mass is 32.1. The maximum atomic E-state index is 11.1. The Labute approximate surface area is 124 Å². The third-order valence-corrected chi connectivity index (χ3v) is 3.83. The van der Waals surface area contributed by atoms with E-state index in [-0.39, 0.29) is 0 Å². The van der Waals surface area contributed by atoms with Crippen molar-refractivity contribution in [2.75, 3.05) is 5.32 Å². The molecule has 106 valence electrons. The van der Waals surface area contributed by atoms with E-state index in [1.807, 2.05) is 24.3 Å². The van der Waals surface area contributed by atoms with Gasteiger partial charge in [-0.1, -0.05) is 12.1 Å². The smallest absolute Gasteiger partial charge is 0.249 e. The number of aromatic nitrogens is 4. The van der Waals surface area contributed by atoms with E-state index in [2.05, 4.69) is 20.8 Å². The van der Waals surface area contributed by atoms with E-state index < -0.39 is 5.91 Å². The van der Waals surface area contributed by atoms with E-state index in [0.29, 0.717) is 12.1 Å². The maximum absolute atomic E-state index is 11.1. The average molecular weight is 300 g/mol. The lowest BCUT2D eigenvalue weighted by Crippen LogP contribution is -2.09. The molecule has 0 saturated carbocycles. The third kappa shape index (κ3) is 2.90. The fourth-order valence-corrected chi connectivity index (χ4v) is 2.69. The van der Waals surface area contributed by atoms with Crippen molar-refractivity contribution in [2.45, 2.75) is 6.54 Å². The number of carbonyl (C=O) groups excluding carboxylic acids is 1. The van der Waals surface area contributed by atoms with Gasteiger partial charge in [0.1, 0.15) is 6.33 Å².